The van der Waals surface area contributed by atoms with Crippen LogP contribution in [-0.2, 0) is 9.59 Å². The van der Waals surface area contributed by atoms with Crippen molar-refractivity contribution in [3.63, 3.8) is 0 Å². The normalized spacial score (nSPS) is 14.9. The molecule has 1 unspecified atom stereocenters. The maximum atomic E-state index is 10.6. The van der Waals surface area contributed by atoms with Gasteiger partial charge in [0.05, 0.1) is 0 Å². The summed E-state index contributed by atoms with van der Waals surface area (Å²) in [7, 11) is 0. The number of carboxylic acid groups (broad SMARTS) is 2. The van der Waals surface area contributed by atoms with Gasteiger partial charge < -0.3 is 27.0 Å². The second-order valence-electron chi connectivity index (χ2n) is 4.36. The van der Waals surface area contributed by atoms with Gasteiger partial charge >= 0.3 is 12.1 Å². The van der Waals surface area contributed by atoms with Crippen molar-refractivity contribution in [1.82, 2.24) is 10.2 Å². The average molecular weight is 303 g/mol. The summed E-state index contributed by atoms with van der Waals surface area (Å²) < 4.78 is 0. The Hall–Kier alpha value is -2.36. The van der Waals surface area contributed by atoms with Crippen LogP contribution in [0.2, 0.25) is 0 Å². The number of nitrogens with zero attached hydrogens (tertiary/aromatic N) is 1. The van der Waals surface area contributed by atoms with Crippen LogP contribution in [0.5, 0.6) is 0 Å². The number of nitrogens with two attached hydrogens (primary N) is 2. The van der Waals surface area contributed by atoms with Gasteiger partial charge in [0.1, 0.15) is 6.04 Å². The Bertz CT molecular complexity index is 400. The van der Waals surface area contributed by atoms with Crippen molar-refractivity contribution in [3.05, 3.63) is 0 Å². The van der Waals surface area contributed by atoms with E-state index < -0.39 is 18.1 Å². The number of imide groups is 1. The van der Waals surface area contributed by atoms with E-state index in [2.05, 4.69) is 5.32 Å². The molecule has 0 saturated carbocycles. The number of rotatable bonds is 5. The second kappa shape index (κ2) is 9.53. The molecule has 0 bridgehead atoms. The number of amides is 2. The van der Waals surface area contributed by atoms with Crippen LogP contribution >= 0.6 is 0 Å². The molecule has 10 nitrogen and oxygen atoms in total. The topological polar surface area (TPSA) is 183 Å². The Labute approximate surface area is 121 Å². The highest BCUT2D eigenvalue weighted by Gasteiger charge is 2.25. The first-order valence-electron chi connectivity index (χ1n) is 6.35. The third-order valence-corrected chi connectivity index (χ3v) is 2.63. The van der Waals surface area contributed by atoms with Crippen molar-refractivity contribution in [2.75, 3.05) is 13.1 Å². The summed E-state index contributed by atoms with van der Waals surface area (Å²) in [6, 6.07) is -0.821. The highest BCUT2D eigenvalue weighted by molar-refractivity contribution is 5.92. The van der Waals surface area contributed by atoms with Gasteiger partial charge in [0.15, 0.2) is 5.96 Å². The van der Waals surface area contributed by atoms with E-state index in [4.69, 9.17) is 27.1 Å². The van der Waals surface area contributed by atoms with E-state index in [0.29, 0.717) is 38.8 Å². The van der Waals surface area contributed by atoms with Crippen LogP contribution < -0.4 is 16.8 Å². The fourth-order valence-electron chi connectivity index (χ4n) is 1.52. The minimum Gasteiger partial charge on any atom is -0.480 e. The zero-order valence-corrected chi connectivity index (χ0v) is 11.5. The molecule has 21 heavy (non-hydrogen) atoms. The quantitative estimate of drug-likeness (QED) is 0.211. The van der Waals surface area contributed by atoms with Crippen LogP contribution in [0.1, 0.15) is 25.7 Å². The molecule has 1 aliphatic heterocycles. The molecule has 0 spiro atoms. The molecular formula is C11H21N5O5. The Morgan fingerprint density at radius 1 is 1.43 bits per heavy atom. The monoisotopic (exact) mass is 303 g/mol. The molecule has 0 aromatic heterocycles. The van der Waals surface area contributed by atoms with Gasteiger partial charge in [0.25, 0.3) is 0 Å². The number of guanidine groups is 1. The van der Waals surface area contributed by atoms with Gasteiger partial charge in [-0.3, -0.25) is 15.0 Å². The average Bonchev–Trinajstić information content (AvgIpc) is 2.81. The number of hydrogen-bond donors (Lipinski definition) is 6. The Morgan fingerprint density at radius 3 is 2.38 bits per heavy atom. The summed E-state index contributed by atoms with van der Waals surface area (Å²) in [6.45, 7) is 0.852. The zero-order chi connectivity index (χ0) is 16.4. The predicted molar refractivity (Wildman–Crippen MR) is 73.7 cm³/mol. The fraction of sp³-hybridized carbons (Fsp3) is 0.636. The zero-order valence-electron chi connectivity index (χ0n) is 11.5. The molecule has 2 amide bonds. The Balaban J connectivity index is 0.000000394. The lowest BCUT2D eigenvalue weighted by atomic mass is 10.2. The van der Waals surface area contributed by atoms with Crippen LogP contribution in [0.15, 0.2) is 0 Å². The van der Waals surface area contributed by atoms with Gasteiger partial charge in [0, 0.05) is 19.5 Å². The maximum absolute atomic E-state index is 10.6. The standard InChI is InChI=1S/C6H14N4O2.C5H7NO3/c7-4(5(11)12)2-1-3-10-6(8)9;7-4-2-1-3-6(4)5(8)9/h4H,1-3,7H2,(H,11,12)(H4,8,9,10);1-3H2,(H,8,9). The van der Waals surface area contributed by atoms with Crippen molar-refractivity contribution in [3.8, 4) is 0 Å². The molecule has 8 N–H and O–H groups in total. The Morgan fingerprint density at radius 2 is 2.05 bits per heavy atom. The van der Waals surface area contributed by atoms with Gasteiger partial charge in [-0.05, 0) is 19.3 Å². The lowest BCUT2D eigenvalue weighted by Gasteiger charge is -2.06. The van der Waals surface area contributed by atoms with Gasteiger partial charge in [-0.1, -0.05) is 0 Å². The van der Waals surface area contributed by atoms with Gasteiger partial charge in [-0.2, -0.15) is 0 Å². The number of likely N-dealkylation sites (tertiary alicyclic amines) is 1. The van der Waals surface area contributed by atoms with Crippen LogP contribution in [0.4, 0.5) is 4.79 Å². The lowest BCUT2D eigenvalue weighted by molar-refractivity contribution is -0.138. The molecule has 10 heteroatoms. The molecule has 1 saturated heterocycles. The summed E-state index contributed by atoms with van der Waals surface area (Å²) >= 11 is 0. The Kier molecular flexibility index (Phi) is 8.46. The number of carbonyl (C=O) groups excluding carboxylic acids is 1. The van der Waals surface area contributed by atoms with E-state index >= 15 is 0 Å². The highest BCUT2D eigenvalue weighted by atomic mass is 16.4. The minimum atomic E-state index is -1.13. The lowest BCUT2D eigenvalue weighted by Crippen LogP contribution is -2.34. The minimum absolute atomic E-state index is 0.112. The van der Waals surface area contributed by atoms with Crippen molar-refractivity contribution in [1.29, 1.82) is 5.41 Å². The molecule has 0 aliphatic carbocycles. The molecule has 0 aromatic rings. The van der Waals surface area contributed by atoms with Crippen LogP contribution in [0, 0.1) is 5.41 Å². The SMILES string of the molecule is N=C(N)NCCCC(N)C(=O)O.O=C(O)N1CCCC1=O. The van der Waals surface area contributed by atoms with Gasteiger partial charge in [0.2, 0.25) is 5.91 Å². The molecule has 1 atom stereocenters. The maximum Gasteiger partial charge on any atom is 0.414 e. The van der Waals surface area contributed by atoms with Crippen molar-refractivity contribution in [2.24, 2.45) is 11.5 Å². The van der Waals surface area contributed by atoms with Crippen molar-refractivity contribution < 1.29 is 24.6 Å². The van der Waals surface area contributed by atoms with E-state index in [1.807, 2.05) is 0 Å². The smallest absolute Gasteiger partial charge is 0.414 e. The molecule has 120 valence electrons. The fourth-order valence-corrected chi connectivity index (χ4v) is 1.52. The molecule has 1 rings (SSSR count). The van der Waals surface area contributed by atoms with E-state index in [-0.39, 0.29) is 11.9 Å². The van der Waals surface area contributed by atoms with Crippen LogP contribution in [0.25, 0.3) is 0 Å². The van der Waals surface area contributed by atoms with E-state index in [9.17, 15) is 14.4 Å². The number of carbonyl (C=O) groups is 3. The van der Waals surface area contributed by atoms with Crippen molar-refractivity contribution >= 4 is 23.9 Å². The number of hydrogen-bond acceptors (Lipinski definition) is 5. The largest absolute Gasteiger partial charge is 0.480 e. The van der Waals surface area contributed by atoms with Crippen molar-refractivity contribution in [2.45, 2.75) is 31.7 Å². The molecular weight excluding hydrogens is 282 g/mol. The van der Waals surface area contributed by atoms with Crippen LogP contribution in [0.3, 0.4) is 0 Å². The van der Waals surface area contributed by atoms with E-state index in [1.54, 1.807) is 0 Å². The molecule has 0 aromatic carbocycles. The summed E-state index contributed by atoms with van der Waals surface area (Å²) in [6.07, 6.45) is 0.901. The predicted octanol–water partition coefficient (Wildman–Crippen LogP) is -1.05. The highest BCUT2D eigenvalue weighted by Crippen LogP contribution is 2.08. The first-order chi connectivity index (χ1) is 9.75. The number of carboxylic acids is 1. The first kappa shape index (κ1) is 18.6. The third-order valence-electron chi connectivity index (χ3n) is 2.63. The van der Waals surface area contributed by atoms with Gasteiger partial charge in [-0.15, -0.1) is 0 Å². The van der Waals surface area contributed by atoms with Crippen LogP contribution in [-0.4, -0.2) is 58.2 Å². The first-order valence-corrected chi connectivity index (χ1v) is 6.35. The summed E-state index contributed by atoms with van der Waals surface area (Å²) in [4.78, 5) is 31.7. The summed E-state index contributed by atoms with van der Waals surface area (Å²) in [5.74, 6) is -1.39. The second-order valence-corrected chi connectivity index (χ2v) is 4.36. The molecule has 1 fully saturated rings. The summed E-state index contributed by atoms with van der Waals surface area (Å²) in [5, 5.41) is 26.0. The van der Waals surface area contributed by atoms with E-state index in [0.717, 1.165) is 4.90 Å². The molecule has 0 radical (unpaired) electrons. The molecule has 1 aliphatic rings. The third kappa shape index (κ3) is 8.42. The summed E-state index contributed by atoms with van der Waals surface area (Å²) in [5.41, 5.74) is 10.2. The van der Waals surface area contributed by atoms with E-state index in [1.165, 1.54) is 0 Å². The molecule has 1 heterocycles. The number of aliphatic carboxylic acids is 1. The van der Waals surface area contributed by atoms with Gasteiger partial charge in [-0.25, -0.2) is 9.69 Å². The number of nitrogens with one attached hydrogen (secondary N) is 2.